The molecule has 0 aromatic heterocycles. The van der Waals surface area contributed by atoms with Gasteiger partial charge in [0, 0.05) is 33.5 Å². The van der Waals surface area contributed by atoms with Crippen LogP contribution in [0.25, 0.3) is 0 Å². The van der Waals surface area contributed by atoms with Gasteiger partial charge in [-0.1, -0.05) is 6.07 Å². The number of anilines is 1. The van der Waals surface area contributed by atoms with E-state index in [2.05, 4.69) is 33.2 Å². The maximum absolute atomic E-state index is 12.2. The fourth-order valence-corrected chi connectivity index (χ4v) is 3.19. The van der Waals surface area contributed by atoms with Gasteiger partial charge in [0.25, 0.3) is 11.8 Å². The van der Waals surface area contributed by atoms with Gasteiger partial charge >= 0.3 is 0 Å². The molecule has 0 aliphatic carbocycles. The summed E-state index contributed by atoms with van der Waals surface area (Å²) in [4.78, 5) is 24.4. The molecule has 2 aromatic rings. The lowest BCUT2D eigenvalue weighted by Gasteiger charge is -2.11. The van der Waals surface area contributed by atoms with E-state index in [4.69, 9.17) is 4.74 Å². The summed E-state index contributed by atoms with van der Waals surface area (Å²) in [5, 5.41) is 5.72. The molecule has 0 spiro atoms. The molecule has 0 bridgehead atoms. The molecule has 0 saturated carbocycles. The number of hydrogen-bond acceptors (Lipinski definition) is 3. The Morgan fingerprint density at radius 2 is 1.88 bits per heavy atom. The Morgan fingerprint density at radius 1 is 1.08 bits per heavy atom. The first-order valence-electron chi connectivity index (χ1n) is 8.18. The standard InChI is InChI=1S/C19H19IN2O3/c20-15-4-1-3-14(11-15)19(24)22-16-8-6-13(7-9-16)18(23)21-12-17-5-2-10-25-17/h1,3-4,6-9,11,17H,2,5,10,12H2,(H,21,23)(H,22,24). The highest BCUT2D eigenvalue weighted by molar-refractivity contribution is 14.1. The van der Waals surface area contributed by atoms with Crippen molar-refractivity contribution in [2.75, 3.05) is 18.5 Å². The second kappa shape index (κ2) is 8.44. The van der Waals surface area contributed by atoms with Crippen LogP contribution in [0.5, 0.6) is 0 Å². The van der Waals surface area contributed by atoms with Crippen LogP contribution in [0.2, 0.25) is 0 Å². The first-order chi connectivity index (χ1) is 12.1. The molecule has 130 valence electrons. The van der Waals surface area contributed by atoms with Crippen LogP contribution >= 0.6 is 22.6 Å². The van der Waals surface area contributed by atoms with Gasteiger partial charge in [-0.15, -0.1) is 0 Å². The molecule has 25 heavy (non-hydrogen) atoms. The third-order valence-corrected chi connectivity index (χ3v) is 4.68. The second-order valence-corrected chi connectivity index (χ2v) is 7.13. The van der Waals surface area contributed by atoms with Gasteiger partial charge in [0.05, 0.1) is 6.10 Å². The quantitative estimate of drug-likeness (QED) is 0.686. The van der Waals surface area contributed by atoms with Crippen molar-refractivity contribution in [1.29, 1.82) is 0 Å². The van der Waals surface area contributed by atoms with Crippen LogP contribution in [0, 0.1) is 3.57 Å². The smallest absolute Gasteiger partial charge is 0.255 e. The minimum Gasteiger partial charge on any atom is -0.376 e. The van der Waals surface area contributed by atoms with E-state index in [1.54, 1.807) is 30.3 Å². The fourth-order valence-electron chi connectivity index (χ4n) is 2.65. The number of benzene rings is 2. The summed E-state index contributed by atoms with van der Waals surface area (Å²) in [5.41, 5.74) is 1.81. The van der Waals surface area contributed by atoms with E-state index in [1.807, 2.05) is 18.2 Å². The molecule has 2 N–H and O–H groups in total. The van der Waals surface area contributed by atoms with Crippen molar-refractivity contribution in [3.05, 3.63) is 63.2 Å². The van der Waals surface area contributed by atoms with Crippen molar-refractivity contribution in [1.82, 2.24) is 5.32 Å². The average molecular weight is 450 g/mol. The number of halogens is 1. The molecule has 1 saturated heterocycles. The molecule has 2 aromatic carbocycles. The molecule has 5 nitrogen and oxygen atoms in total. The Labute approximate surface area is 160 Å². The Hall–Kier alpha value is -1.93. The van der Waals surface area contributed by atoms with Crippen molar-refractivity contribution < 1.29 is 14.3 Å². The Balaban J connectivity index is 1.56. The molecule has 0 radical (unpaired) electrons. The highest BCUT2D eigenvalue weighted by atomic mass is 127. The summed E-state index contributed by atoms with van der Waals surface area (Å²) in [6.45, 7) is 1.30. The van der Waals surface area contributed by atoms with Gasteiger partial charge in [0.1, 0.15) is 0 Å². The molecular weight excluding hydrogens is 431 g/mol. The Bertz CT molecular complexity index is 756. The highest BCUT2D eigenvalue weighted by Crippen LogP contribution is 2.14. The molecule has 6 heteroatoms. The third-order valence-electron chi connectivity index (χ3n) is 4.01. The van der Waals surface area contributed by atoms with Gasteiger partial charge in [0.2, 0.25) is 0 Å². The van der Waals surface area contributed by atoms with Gasteiger partial charge in [-0.2, -0.15) is 0 Å². The van der Waals surface area contributed by atoms with Gasteiger partial charge in [-0.3, -0.25) is 9.59 Å². The average Bonchev–Trinajstić information content (AvgIpc) is 3.14. The largest absolute Gasteiger partial charge is 0.376 e. The molecule has 1 aliphatic rings. The molecule has 1 fully saturated rings. The van der Waals surface area contributed by atoms with Crippen molar-refractivity contribution in [2.24, 2.45) is 0 Å². The summed E-state index contributed by atoms with van der Waals surface area (Å²) in [5.74, 6) is -0.305. The molecule has 1 unspecified atom stereocenters. The highest BCUT2D eigenvalue weighted by Gasteiger charge is 2.16. The first kappa shape index (κ1) is 17.9. The van der Waals surface area contributed by atoms with Crippen LogP contribution in [0.1, 0.15) is 33.6 Å². The number of ether oxygens (including phenoxy) is 1. The minimum atomic E-state index is -0.172. The van der Waals surface area contributed by atoms with E-state index < -0.39 is 0 Å². The van der Waals surface area contributed by atoms with E-state index >= 15 is 0 Å². The van der Waals surface area contributed by atoms with Crippen LogP contribution in [0.15, 0.2) is 48.5 Å². The second-order valence-electron chi connectivity index (χ2n) is 5.89. The van der Waals surface area contributed by atoms with Gasteiger partial charge in [-0.25, -0.2) is 0 Å². The zero-order valence-electron chi connectivity index (χ0n) is 13.6. The predicted molar refractivity (Wildman–Crippen MR) is 105 cm³/mol. The SMILES string of the molecule is O=C(NCC1CCCO1)c1ccc(NC(=O)c2cccc(I)c2)cc1. The molecule has 1 heterocycles. The monoisotopic (exact) mass is 450 g/mol. The summed E-state index contributed by atoms with van der Waals surface area (Å²) >= 11 is 2.17. The van der Waals surface area contributed by atoms with E-state index in [-0.39, 0.29) is 17.9 Å². The van der Waals surface area contributed by atoms with Crippen molar-refractivity contribution in [2.45, 2.75) is 18.9 Å². The van der Waals surface area contributed by atoms with Gasteiger partial charge < -0.3 is 15.4 Å². The van der Waals surface area contributed by atoms with Crippen LogP contribution in [0.3, 0.4) is 0 Å². The zero-order valence-corrected chi connectivity index (χ0v) is 15.8. The van der Waals surface area contributed by atoms with Crippen LogP contribution in [-0.4, -0.2) is 31.1 Å². The van der Waals surface area contributed by atoms with Crippen LogP contribution < -0.4 is 10.6 Å². The van der Waals surface area contributed by atoms with Crippen molar-refractivity contribution >= 4 is 40.1 Å². The maximum Gasteiger partial charge on any atom is 0.255 e. The fraction of sp³-hybridized carbons (Fsp3) is 0.263. The lowest BCUT2D eigenvalue weighted by atomic mass is 10.1. The Morgan fingerprint density at radius 3 is 2.56 bits per heavy atom. The molecule has 1 aliphatic heterocycles. The summed E-state index contributed by atoms with van der Waals surface area (Å²) in [6.07, 6.45) is 2.16. The van der Waals surface area contributed by atoms with Gasteiger partial charge in [0.15, 0.2) is 0 Å². The van der Waals surface area contributed by atoms with E-state index in [0.29, 0.717) is 23.4 Å². The lowest BCUT2D eigenvalue weighted by Crippen LogP contribution is -2.31. The summed E-state index contributed by atoms with van der Waals surface area (Å²) in [6, 6.07) is 14.2. The van der Waals surface area contributed by atoms with Crippen LogP contribution in [0.4, 0.5) is 5.69 Å². The normalized spacial score (nSPS) is 16.4. The van der Waals surface area contributed by atoms with E-state index in [0.717, 1.165) is 23.0 Å². The topological polar surface area (TPSA) is 67.4 Å². The number of carbonyl (C=O) groups excluding carboxylic acids is 2. The predicted octanol–water partition coefficient (Wildman–Crippen LogP) is 3.45. The molecule has 3 rings (SSSR count). The number of nitrogens with one attached hydrogen (secondary N) is 2. The third kappa shape index (κ3) is 5.02. The number of hydrogen-bond donors (Lipinski definition) is 2. The zero-order chi connectivity index (χ0) is 17.6. The first-order valence-corrected chi connectivity index (χ1v) is 9.26. The maximum atomic E-state index is 12.2. The van der Waals surface area contributed by atoms with Crippen LogP contribution in [-0.2, 0) is 4.74 Å². The number of amides is 2. The Kier molecular flexibility index (Phi) is 6.04. The molecule has 1 atom stereocenters. The van der Waals surface area contributed by atoms with Gasteiger partial charge in [-0.05, 0) is 77.9 Å². The number of rotatable bonds is 5. The lowest BCUT2D eigenvalue weighted by molar-refractivity contribution is 0.0857. The van der Waals surface area contributed by atoms with Crippen molar-refractivity contribution in [3.63, 3.8) is 0 Å². The summed E-state index contributed by atoms with van der Waals surface area (Å²) in [7, 11) is 0. The summed E-state index contributed by atoms with van der Waals surface area (Å²) < 4.78 is 6.49. The van der Waals surface area contributed by atoms with E-state index in [9.17, 15) is 9.59 Å². The van der Waals surface area contributed by atoms with E-state index in [1.165, 1.54) is 0 Å². The minimum absolute atomic E-state index is 0.121. The molecular formula is C19H19IN2O3. The molecule has 2 amide bonds. The number of carbonyl (C=O) groups is 2. The van der Waals surface area contributed by atoms with Crippen molar-refractivity contribution in [3.8, 4) is 0 Å².